The molecule has 0 radical (unpaired) electrons. The summed E-state index contributed by atoms with van der Waals surface area (Å²) in [5.74, 6) is 0.358. The van der Waals surface area contributed by atoms with Crippen LogP contribution in [0.25, 0.3) is 0 Å². The molecule has 0 N–H and O–H groups in total. The highest BCUT2D eigenvalue weighted by atomic mass is 16.5. The zero-order valence-electron chi connectivity index (χ0n) is 13.1. The van der Waals surface area contributed by atoms with Crippen molar-refractivity contribution < 1.29 is 14.3 Å². The van der Waals surface area contributed by atoms with E-state index in [1.54, 1.807) is 24.3 Å². The highest BCUT2D eigenvalue weighted by Gasteiger charge is 2.39. The van der Waals surface area contributed by atoms with E-state index in [0.29, 0.717) is 22.6 Å². The van der Waals surface area contributed by atoms with Crippen LogP contribution in [0.5, 0.6) is 0 Å². The Morgan fingerprint density at radius 1 is 1.17 bits per heavy atom. The van der Waals surface area contributed by atoms with Crippen LogP contribution in [0.15, 0.2) is 59.4 Å². The van der Waals surface area contributed by atoms with E-state index in [1.165, 1.54) is 0 Å². The van der Waals surface area contributed by atoms with E-state index in [-0.39, 0.29) is 23.4 Å². The van der Waals surface area contributed by atoms with Gasteiger partial charge in [-0.05, 0) is 43.8 Å². The van der Waals surface area contributed by atoms with Gasteiger partial charge in [0.15, 0.2) is 11.5 Å². The van der Waals surface area contributed by atoms with Crippen LogP contribution < -0.4 is 0 Å². The van der Waals surface area contributed by atoms with Gasteiger partial charge in [-0.15, -0.1) is 0 Å². The third kappa shape index (κ3) is 2.11. The fourth-order valence-electron chi connectivity index (χ4n) is 3.71. The maximum atomic E-state index is 12.7. The molecule has 2 aliphatic carbocycles. The molecule has 4 rings (SSSR count). The van der Waals surface area contributed by atoms with Gasteiger partial charge in [0.1, 0.15) is 6.10 Å². The molecule has 1 aromatic rings. The van der Waals surface area contributed by atoms with Crippen LogP contribution in [-0.4, -0.2) is 17.7 Å². The second-order valence-electron chi connectivity index (χ2n) is 6.59. The molecule has 1 saturated carbocycles. The van der Waals surface area contributed by atoms with Crippen LogP contribution in [-0.2, 0) is 4.74 Å². The minimum atomic E-state index is -0.178. The summed E-state index contributed by atoms with van der Waals surface area (Å²) >= 11 is 0. The Hall–Kier alpha value is -2.42. The maximum absolute atomic E-state index is 12.7. The van der Waals surface area contributed by atoms with Gasteiger partial charge in [-0.3, -0.25) is 9.59 Å². The molecular formula is C20H18O3. The smallest absolute Gasteiger partial charge is 0.229 e. The molecule has 1 aromatic carbocycles. The first-order valence-corrected chi connectivity index (χ1v) is 8.01. The van der Waals surface area contributed by atoms with Crippen LogP contribution in [0.2, 0.25) is 0 Å². The van der Waals surface area contributed by atoms with Crippen molar-refractivity contribution >= 4 is 11.6 Å². The van der Waals surface area contributed by atoms with Gasteiger partial charge in [-0.25, -0.2) is 0 Å². The lowest BCUT2D eigenvalue weighted by atomic mass is 9.77. The summed E-state index contributed by atoms with van der Waals surface area (Å²) in [4.78, 5) is 25.4. The Labute approximate surface area is 135 Å². The quantitative estimate of drug-likeness (QED) is 0.736. The number of benzene rings is 1. The Bertz CT molecular complexity index is 810. The second-order valence-corrected chi connectivity index (χ2v) is 6.59. The van der Waals surface area contributed by atoms with Crippen molar-refractivity contribution in [3.63, 3.8) is 0 Å². The molecule has 116 valence electrons. The number of carbonyl (C=O) groups is 2. The Kier molecular flexibility index (Phi) is 3.12. The summed E-state index contributed by atoms with van der Waals surface area (Å²) in [6.07, 6.45) is 4.55. The minimum absolute atomic E-state index is 0.105. The number of ketones is 2. The number of ether oxygens (including phenoxy) is 1. The number of carbonyl (C=O) groups excluding carboxylic acids is 2. The predicted molar refractivity (Wildman–Crippen MR) is 87.2 cm³/mol. The van der Waals surface area contributed by atoms with E-state index in [2.05, 4.69) is 6.58 Å². The normalized spacial score (nSPS) is 25.9. The maximum Gasteiger partial charge on any atom is 0.229 e. The van der Waals surface area contributed by atoms with E-state index in [4.69, 9.17) is 4.74 Å². The van der Waals surface area contributed by atoms with Gasteiger partial charge in [0.25, 0.3) is 0 Å². The molecule has 3 aliphatic rings. The van der Waals surface area contributed by atoms with Crippen LogP contribution in [0.3, 0.4) is 0 Å². The highest BCUT2D eigenvalue weighted by Crippen LogP contribution is 2.41. The summed E-state index contributed by atoms with van der Waals surface area (Å²) in [6.45, 7) is 6.09. The molecule has 3 heteroatoms. The summed E-state index contributed by atoms with van der Waals surface area (Å²) in [5, 5.41) is 0. The van der Waals surface area contributed by atoms with Crippen LogP contribution in [0, 0.1) is 5.92 Å². The average Bonchev–Trinajstić information content (AvgIpc) is 2.58. The van der Waals surface area contributed by atoms with E-state index in [9.17, 15) is 9.59 Å². The van der Waals surface area contributed by atoms with Gasteiger partial charge in [0.05, 0.1) is 5.57 Å². The SMILES string of the molecule is C=C(C)[C@H]1CCC2=CC3=C(OC2C1)C(=O)c1ccccc1C3=O. The molecule has 1 heterocycles. The number of fused-ring (bicyclic) bond motifs is 2. The summed E-state index contributed by atoms with van der Waals surface area (Å²) in [6, 6.07) is 6.96. The Morgan fingerprint density at radius 2 is 1.87 bits per heavy atom. The molecule has 1 fully saturated rings. The molecule has 1 aliphatic heterocycles. The third-order valence-corrected chi connectivity index (χ3v) is 5.09. The average molecular weight is 306 g/mol. The molecule has 0 amide bonds. The number of allylic oxidation sites excluding steroid dienone is 4. The van der Waals surface area contributed by atoms with Crippen molar-refractivity contribution in [2.24, 2.45) is 5.92 Å². The predicted octanol–water partition coefficient (Wildman–Crippen LogP) is 4.02. The zero-order chi connectivity index (χ0) is 16.1. The lowest BCUT2D eigenvalue weighted by Crippen LogP contribution is -2.34. The fraction of sp³-hybridized carbons (Fsp3) is 0.300. The molecule has 0 aromatic heterocycles. The molecule has 0 spiro atoms. The van der Waals surface area contributed by atoms with Crippen molar-refractivity contribution in [3.8, 4) is 0 Å². The summed E-state index contributed by atoms with van der Waals surface area (Å²) in [5.41, 5.74) is 3.63. The molecule has 3 nitrogen and oxygen atoms in total. The first-order chi connectivity index (χ1) is 11.1. The first kappa shape index (κ1) is 14.2. The molecule has 2 atom stereocenters. The van der Waals surface area contributed by atoms with Crippen molar-refractivity contribution in [2.75, 3.05) is 0 Å². The standard InChI is InChI=1S/C20H18O3/c1-11(2)12-7-8-13-9-16-18(21)14-5-3-4-6-15(14)19(22)20(16)23-17(13)10-12/h3-6,9,12,17H,1,7-8,10H2,2H3/t12-,17?/m0/s1. The molecule has 23 heavy (non-hydrogen) atoms. The van der Waals surface area contributed by atoms with Gasteiger partial charge >= 0.3 is 0 Å². The highest BCUT2D eigenvalue weighted by molar-refractivity contribution is 6.27. The fourth-order valence-corrected chi connectivity index (χ4v) is 3.71. The van der Waals surface area contributed by atoms with Gasteiger partial charge in [-0.2, -0.15) is 0 Å². The monoisotopic (exact) mass is 306 g/mol. The number of hydrogen-bond donors (Lipinski definition) is 0. The third-order valence-electron chi connectivity index (χ3n) is 5.09. The van der Waals surface area contributed by atoms with Gasteiger partial charge < -0.3 is 4.74 Å². The molecule has 1 unspecified atom stereocenters. The summed E-state index contributed by atoms with van der Waals surface area (Å²) < 4.78 is 6.01. The number of rotatable bonds is 1. The van der Waals surface area contributed by atoms with Crippen molar-refractivity contribution in [1.82, 2.24) is 0 Å². The van der Waals surface area contributed by atoms with Gasteiger partial charge in [-0.1, -0.05) is 36.4 Å². The van der Waals surface area contributed by atoms with E-state index >= 15 is 0 Å². The Balaban J connectivity index is 1.74. The topological polar surface area (TPSA) is 43.4 Å². The van der Waals surface area contributed by atoms with Crippen molar-refractivity contribution in [2.45, 2.75) is 32.3 Å². The molecular weight excluding hydrogens is 288 g/mol. The number of Topliss-reactive ketones (excluding diaryl/α,β-unsaturated/α-hetero) is 2. The lowest BCUT2D eigenvalue weighted by Gasteiger charge is -2.36. The Morgan fingerprint density at radius 3 is 2.57 bits per heavy atom. The first-order valence-electron chi connectivity index (χ1n) is 8.01. The van der Waals surface area contributed by atoms with Crippen LogP contribution in [0.1, 0.15) is 46.9 Å². The molecule has 0 saturated heterocycles. The zero-order valence-corrected chi connectivity index (χ0v) is 13.1. The second kappa shape index (κ2) is 5.05. The largest absolute Gasteiger partial charge is 0.481 e. The minimum Gasteiger partial charge on any atom is -0.481 e. The van der Waals surface area contributed by atoms with Crippen LogP contribution >= 0.6 is 0 Å². The van der Waals surface area contributed by atoms with Crippen LogP contribution in [0.4, 0.5) is 0 Å². The van der Waals surface area contributed by atoms with E-state index < -0.39 is 0 Å². The van der Waals surface area contributed by atoms with Crippen molar-refractivity contribution in [1.29, 1.82) is 0 Å². The van der Waals surface area contributed by atoms with Gasteiger partial charge in [0, 0.05) is 11.1 Å². The molecule has 0 bridgehead atoms. The summed E-state index contributed by atoms with van der Waals surface area (Å²) in [7, 11) is 0. The van der Waals surface area contributed by atoms with Crippen molar-refractivity contribution in [3.05, 3.63) is 70.5 Å². The lowest BCUT2D eigenvalue weighted by molar-refractivity contribution is 0.0690. The number of hydrogen-bond acceptors (Lipinski definition) is 3. The van der Waals surface area contributed by atoms with E-state index in [1.807, 2.05) is 13.0 Å². The van der Waals surface area contributed by atoms with Gasteiger partial charge in [0.2, 0.25) is 5.78 Å². The van der Waals surface area contributed by atoms with E-state index in [0.717, 1.165) is 30.4 Å².